The summed E-state index contributed by atoms with van der Waals surface area (Å²) in [4.78, 5) is 17.9. The number of Topliss-reactive ketones (excluding diaryl/α,β-unsaturated/α-hetero) is 1. The molecule has 0 aliphatic carbocycles. The maximum absolute atomic E-state index is 12.7. The Morgan fingerprint density at radius 2 is 2.17 bits per heavy atom. The highest BCUT2D eigenvalue weighted by molar-refractivity contribution is 5.94. The van der Waals surface area contributed by atoms with E-state index >= 15 is 0 Å². The van der Waals surface area contributed by atoms with Gasteiger partial charge in [0.05, 0.1) is 6.20 Å². The van der Waals surface area contributed by atoms with Gasteiger partial charge in [0.25, 0.3) is 0 Å². The summed E-state index contributed by atoms with van der Waals surface area (Å²) in [5.74, 6) is 0.141. The summed E-state index contributed by atoms with van der Waals surface area (Å²) in [6.45, 7) is 9.05. The van der Waals surface area contributed by atoms with Crippen LogP contribution in [0.3, 0.4) is 0 Å². The summed E-state index contributed by atoms with van der Waals surface area (Å²) in [5, 5.41) is 0. The zero-order valence-corrected chi connectivity index (χ0v) is 11.3. The SMILES string of the molecule is CCN(CCC(=O)c1ccc(F)cn1)CC(C)C. The zero-order chi connectivity index (χ0) is 13.5. The Labute approximate surface area is 108 Å². The number of ketones is 1. The van der Waals surface area contributed by atoms with E-state index in [9.17, 15) is 9.18 Å². The normalized spacial score (nSPS) is 11.2. The molecule has 1 aromatic rings. The Morgan fingerprint density at radius 3 is 2.67 bits per heavy atom. The topological polar surface area (TPSA) is 33.2 Å². The van der Waals surface area contributed by atoms with Gasteiger partial charge in [0.15, 0.2) is 5.78 Å². The van der Waals surface area contributed by atoms with Crippen LogP contribution in [0, 0.1) is 11.7 Å². The fraction of sp³-hybridized carbons (Fsp3) is 0.571. The summed E-state index contributed by atoms with van der Waals surface area (Å²) >= 11 is 0. The van der Waals surface area contributed by atoms with E-state index in [4.69, 9.17) is 0 Å². The van der Waals surface area contributed by atoms with Crippen molar-refractivity contribution in [1.29, 1.82) is 0 Å². The molecule has 4 heteroatoms. The van der Waals surface area contributed by atoms with E-state index in [0.29, 0.717) is 18.0 Å². The summed E-state index contributed by atoms with van der Waals surface area (Å²) < 4.78 is 12.7. The van der Waals surface area contributed by atoms with Crippen molar-refractivity contribution in [3.8, 4) is 0 Å². The van der Waals surface area contributed by atoms with Gasteiger partial charge in [0.2, 0.25) is 0 Å². The molecule has 0 fully saturated rings. The number of carbonyl (C=O) groups is 1. The van der Waals surface area contributed by atoms with E-state index in [1.54, 1.807) is 0 Å². The second kappa shape index (κ2) is 7.21. The number of hydrogen-bond donors (Lipinski definition) is 0. The van der Waals surface area contributed by atoms with Crippen LogP contribution in [0.2, 0.25) is 0 Å². The van der Waals surface area contributed by atoms with Crippen LogP contribution >= 0.6 is 0 Å². The van der Waals surface area contributed by atoms with E-state index < -0.39 is 5.82 Å². The number of halogens is 1. The summed E-state index contributed by atoms with van der Waals surface area (Å²) in [6.07, 6.45) is 1.51. The van der Waals surface area contributed by atoms with Crippen molar-refractivity contribution in [3.63, 3.8) is 0 Å². The van der Waals surface area contributed by atoms with Gasteiger partial charge in [-0.1, -0.05) is 20.8 Å². The zero-order valence-electron chi connectivity index (χ0n) is 11.3. The lowest BCUT2D eigenvalue weighted by atomic mass is 10.1. The van der Waals surface area contributed by atoms with Crippen molar-refractivity contribution in [3.05, 3.63) is 29.8 Å². The molecule has 100 valence electrons. The molecule has 0 spiro atoms. The largest absolute Gasteiger partial charge is 0.303 e. The van der Waals surface area contributed by atoms with Crippen molar-refractivity contribution in [1.82, 2.24) is 9.88 Å². The number of nitrogens with zero attached hydrogens (tertiary/aromatic N) is 2. The molecule has 18 heavy (non-hydrogen) atoms. The standard InChI is InChI=1S/C14H21FN2O/c1-4-17(10-11(2)3)8-7-14(18)13-6-5-12(15)9-16-13/h5-6,9,11H,4,7-8,10H2,1-3H3. The van der Waals surface area contributed by atoms with E-state index in [1.165, 1.54) is 12.1 Å². The highest BCUT2D eigenvalue weighted by Crippen LogP contribution is 2.05. The van der Waals surface area contributed by atoms with Crippen LogP contribution < -0.4 is 0 Å². The molecule has 1 rings (SSSR count). The van der Waals surface area contributed by atoms with Gasteiger partial charge in [-0.25, -0.2) is 4.39 Å². The first-order valence-corrected chi connectivity index (χ1v) is 6.40. The Kier molecular flexibility index (Phi) is 5.92. The molecule has 0 radical (unpaired) electrons. The van der Waals surface area contributed by atoms with Gasteiger partial charge in [-0.2, -0.15) is 0 Å². The average molecular weight is 252 g/mol. The van der Waals surface area contributed by atoms with Crippen LogP contribution in [0.4, 0.5) is 4.39 Å². The van der Waals surface area contributed by atoms with Gasteiger partial charge in [-0.3, -0.25) is 9.78 Å². The third kappa shape index (κ3) is 4.92. The van der Waals surface area contributed by atoms with Gasteiger partial charge in [0.1, 0.15) is 11.5 Å². The smallest absolute Gasteiger partial charge is 0.182 e. The molecule has 0 amide bonds. The van der Waals surface area contributed by atoms with E-state index in [-0.39, 0.29) is 5.78 Å². The fourth-order valence-corrected chi connectivity index (χ4v) is 1.82. The molecule has 0 unspecified atom stereocenters. The third-order valence-corrected chi connectivity index (χ3v) is 2.74. The molecule has 1 heterocycles. The van der Waals surface area contributed by atoms with Crippen molar-refractivity contribution in [2.45, 2.75) is 27.2 Å². The number of aromatic nitrogens is 1. The maximum Gasteiger partial charge on any atom is 0.182 e. The van der Waals surface area contributed by atoms with Crippen LogP contribution in [0.1, 0.15) is 37.7 Å². The van der Waals surface area contributed by atoms with Crippen molar-refractivity contribution >= 4 is 5.78 Å². The van der Waals surface area contributed by atoms with Crippen LogP contribution in [-0.2, 0) is 0 Å². The van der Waals surface area contributed by atoms with Crippen molar-refractivity contribution < 1.29 is 9.18 Å². The van der Waals surface area contributed by atoms with Gasteiger partial charge in [0, 0.05) is 19.5 Å². The number of pyridine rings is 1. The maximum atomic E-state index is 12.7. The molecule has 0 aliphatic rings. The van der Waals surface area contributed by atoms with Crippen molar-refractivity contribution in [2.24, 2.45) is 5.92 Å². The Morgan fingerprint density at radius 1 is 1.44 bits per heavy atom. The predicted octanol–water partition coefficient (Wildman–Crippen LogP) is 2.77. The van der Waals surface area contributed by atoms with Crippen molar-refractivity contribution in [2.75, 3.05) is 19.6 Å². The molecule has 0 aliphatic heterocycles. The Hall–Kier alpha value is -1.29. The van der Waals surface area contributed by atoms with Gasteiger partial charge < -0.3 is 4.90 Å². The summed E-state index contributed by atoms with van der Waals surface area (Å²) in [6, 6.07) is 2.71. The molecular formula is C14H21FN2O. The lowest BCUT2D eigenvalue weighted by molar-refractivity contribution is 0.0957. The first-order valence-electron chi connectivity index (χ1n) is 6.40. The van der Waals surface area contributed by atoms with E-state index in [2.05, 4.69) is 30.7 Å². The molecule has 1 aromatic heterocycles. The average Bonchev–Trinajstić information content (AvgIpc) is 2.34. The summed E-state index contributed by atoms with van der Waals surface area (Å²) in [7, 11) is 0. The quantitative estimate of drug-likeness (QED) is 0.700. The molecule has 0 atom stereocenters. The Balaban J connectivity index is 2.47. The van der Waals surface area contributed by atoms with E-state index in [1.807, 2.05) is 0 Å². The molecule has 0 bridgehead atoms. The minimum atomic E-state index is -0.415. The highest BCUT2D eigenvalue weighted by atomic mass is 19.1. The fourth-order valence-electron chi connectivity index (χ4n) is 1.82. The van der Waals surface area contributed by atoms with Gasteiger partial charge in [-0.15, -0.1) is 0 Å². The monoisotopic (exact) mass is 252 g/mol. The van der Waals surface area contributed by atoms with Crippen LogP contribution in [0.25, 0.3) is 0 Å². The molecule has 3 nitrogen and oxygen atoms in total. The Bertz CT molecular complexity index is 376. The second-order valence-electron chi connectivity index (χ2n) is 4.82. The van der Waals surface area contributed by atoms with Gasteiger partial charge >= 0.3 is 0 Å². The molecule has 0 N–H and O–H groups in total. The molecule has 0 aromatic carbocycles. The van der Waals surface area contributed by atoms with Crippen LogP contribution in [0.15, 0.2) is 18.3 Å². The van der Waals surface area contributed by atoms with Crippen LogP contribution in [0.5, 0.6) is 0 Å². The highest BCUT2D eigenvalue weighted by Gasteiger charge is 2.11. The third-order valence-electron chi connectivity index (χ3n) is 2.74. The minimum absolute atomic E-state index is 0.0304. The first kappa shape index (κ1) is 14.8. The number of carbonyl (C=O) groups excluding carboxylic acids is 1. The molecule has 0 saturated heterocycles. The van der Waals surface area contributed by atoms with Crippen LogP contribution in [-0.4, -0.2) is 35.3 Å². The summed E-state index contributed by atoms with van der Waals surface area (Å²) in [5.41, 5.74) is 0.344. The lowest BCUT2D eigenvalue weighted by Gasteiger charge is -2.21. The van der Waals surface area contributed by atoms with Gasteiger partial charge in [-0.05, 0) is 24.6 Å². The number of hydrogen-bond acceptors (Lipinski definition) is 3. The predicted molar refractivity (Wildman–Crippen MR) is 70.1 cm³/mol. The molecular weight excluding hydrogens is 231 g/mol. The lowest BCUT2D eigenvalue weighted by Crippen LogP contribution is -2.30. The minimum Gasteiger partial charge on any atom is -0.303 e. The molecule has 0 saturated carbocycles. The number of rotatable bonds is 7. The second-order valence-corrected chi connectivity index (χ2v) is 4.82. The first-order chi connectivity index (χ1) is 8.52. The van der Waals surface area contributed by atoms with E-state index in [0.717, 1.165) is 25.8 Å².